The fourth-order valence-electron chi connectivity index (χ4n) is 3.25. The number of urea groups is 1. The smallest absolute Gasteiger partial charge is 0.319 e. The van der Waals surface area contributed by atoms with Crippen LogP contribution in [0.4, 0.5) is 10.5 Å². The Bertz CT molecular complexity index is 915. The first-order chi connectivity index (χ1) is 13.0. The molecule has 4 nitrogen and oxygen atoms in total. The van der Waals surface area contributed by atoms with Crippen LogP contribution in [0.1, 0.15) is 11.1 Å². The zero-order valence-corrected chi connectivity index (χ0v) is 16.2. The molecule has 3 aromatic carbocycles. The van der Waals surface area contributed by atoms with Crippen LogP contribution < -0.4 is 10.6 Å². The van der Waals surface area contributed by atoms with Crippen LogP contribution in [-0.2, 0) is 6.42 Å². The second-order valence-corrected chi connectivity index (χ2v) is 7.11. The summed E-state index contributed by atoms with van der Waals surface area (Å²) in [7, 11) is 4.10. The summed E-state index contributed by atoms with van der Waals surface area (Å²) in [4.78, 5) is 14.5. The van der Waals surface area contributed by atoms with E-state index in [1.165, 1.54) is 16.3 Å². The lowest BCUT2D eigenvalue weighted by Crippen LogP contribution is -2.43. The summed E-state index contributed by atoms with van der Waals surface area (Å²) in [6, 6.07) is 22.7. The minimum Gasteiger partial charge on any atom is -0.336 e. The summed E-state index contributed by atoms with van der Waals surface area (Å²) >= 11 is 0. The molecule has 0 fully saturated rings. The van der Waals surface area contributed by atoms with E-state index in [1.54, 1.807) is 0 Å². The van der Waals surface area contributed by atoms with Gasteiger partial charge in [-0.1, -0.05) is 60.7 Å². The van der Waals surface area contributed by atoms with Gasteiger partial charge in [-0.3, -0.25) is 0 Å². The van der Waals surface area contributed by atoms with E-state index in [2.05, 4.69) is 72.1 Å². The van der Waals surface area contributed by atoms with Crippen molar-refractivity contribution in [2.45, 2.75) is 19.4 Å². The Labute approximate surface area is 161 Å². The first-order valence-corrected chi connectivity index (χ1v) is 9.28. The highest BCUT2D eigenvalue weighted by Gasteiger charge is 2.15. The van der Waals surface area contributed by atoms with Crippen LogP contribution in [0.25, 0.3) is 10.8 Å². The molecule has 27 heavy (non-hydrogen) atoms. The van der Waals surface area contributed by atoms with Gasteiger partial charge in [0.15, 0.2) is 0 Å². The van der Waals surface area contributed by atoms with Crippen molar-refractivity contribution in [2.75, 3.05) is 26.0 Å². The van der Waals surface area contributed by atoms with Crippen LogP contribution >= 0.6 is 0 Å². The molecule has 0 bridgehead atoms. The van der Waals surface area contributed by atoms with Crippen molar-refractivity contribution in [2.24, 2.45) is 0 Å². The molecule has 0 spiro atoms. The van der Waals surface area contributed by atoms with Crippen molar-refractivity contribution in [1.82, 2.24) is 10.2 Å². The fourth-order valence-corrected chi connectivity index (χ4v) is 3.25. The highest BCUT2D eigenvalue weighted by molar-refractivity contribution is 5.90. The van der Waals surface area contributed by atoms with Crippen LogP contribution in [0.3, 0.4) is 0 Å². The number of hydrogen-bond donors (Lipinski definition) is 2. The van der Waals surface area contributed by atoms with Gasteiger partial charge in [0.05, 0.1) is 0 Å². The average Bonchev–Trinajstić information content (AvgIpc) is 2.67. The number of amides is 2. The first-order valence-electron chi connectivity index (χ1n) is 9.28. The van der Waals surface area contributed by atoms with Crippen molar-refractivity contribution in [3.05, 3.63) is 77.9 Å². The number of hydrogen-bond acceptors (Lipinski definition) is 2. The standard InChI is InChI=1S/C23H27N3O/c1-17-9-4-7-14-22(17)25-23(27)24-16-20(26(2)3)15-19-12-8-11-18-10-5-6-13-21(18)19/h4-14,20H,15-16H2,1-3H3,(H2,24,25,27)/t20-/m0/s1. The largest absolute Gasteiger partial charge is 0.336 e. The van der Waals surface area contributed by atoms with Crippen LogP contribution in [0.2, 0.25) is 0 Å². The van der Waals surface area contributed by atoms with Gasteiger partial charge in [-0.05, 0) is 55.4 Å². The van der Waals surface area contributed by atoms with Crippen LogP contribution in [0, 0.1) is 6.92 Å². The van der Waals surface area contributed by atoms with E-state index < -0.39 is 0 Å². The van der Waals surface area contributed by atoms with E-state index >= 15 is 0 Å². The van der Waals surface area contributed by atoms with Gasteiger partial charge in [0.2, 0.25) is 0 Å². The van der Waals surface area contributed by atoms with Crippen LogP contribution in [0.15, 0.2) is 66.7 Å². The Morgan fingerprint density at radius 1 is 0.963 bits per heavy atom. The zero-order valence-electron chi connectivity index (χ0n) is 16.2. The molecule has 4 heteroatoms. The predicted octanol–water partition coefficient (Wildman–Crippen LogP) is 4.44. The van der Waals surface area contributed by atoms with E-state index in [9.17, 15) is 4.79 Å². The molecule has 0 aliphatic carbocycles. The highest BCUT2D eigenvalue weighted by atomic mass is 16.2. The third-order valence-corrected chi connectivity index (χ3v) is 4.96. The molecule has 1 atom stereocenters. The second kappa shape index (κ2) is 8.69. The molecular weight excluding hydrogens is 334 g/mol. The molecule has 3 aromatic rings. The normalized spacial score (nSPS) is 12.1. The van der Waals surface area contributed by atoms with E-state index in [1.807, 2.05) is 31.2 Å². The molecule has 0 aliphatic rings. The SMILES string of the molecule is Cc1ccccc1NC(=O)NC[C@H](Cc1cccc2ccccc12)N(C)C. The van der Waals surface area contributed by atoms with Crippen molar-refractivity contribution in [3.63, 3.8) is 0 Å². The molecule has 140 valence electrons. The Kier molecular flexibility index (Phi) is 6.09. The average molecular weight is 361 g/mol. The Morgan fingerprint density at radius 3 is 2.44 bits per heavy atom. The lowest BCUT2D eigenvalue weighted by molar-refractivity contribution is 0.242. The molecule has 0 unspecified atom stereocenters. The summed E-state index contributed by atoms with van der Waals surface area (Å²) < 4.78 is 0. The van der Waals surface area contributed by atoms with Gasteiger partial charge in [-0.15, -0.1) is 0 Å². The van der Waals surface area contributed by atoms with Gasteiger partial charge in [0, 0.05) is 18.3 Å². The molecule has 2 N–H and O–H groups in total. The molecule has 0 heterocycles. The molecular formula is C23H27N3O. The maximum Gasteiger partial charge on any atom is 0.319 e. The van der Waals surface area contributed by atoms with E-state index in [0.29, 0.717) is 6.54 Å². The number of carbonyl (C=O) groups excluding carboxylic acids is 1. The number of fused-ring (bicyclic) bond motifs is 1. The number of rotatable bonds is 6. The lowest BCUT2D eigenvalue weighted by atomic mass is 9.98. The predicted molar refractivity (Wildman–Crippen MR) is 113 cm³/mol. The molecule has 0 aromatic heterocycles. The molecule has 3 rings (SSSR count). The maximum absolute atomic E-state index is 12.3. The Morgan fingerprint density at radius 2 is 1.67 bits per heavy atom. The number of nitrogens with one attached hydrogen (secondary N) is 2. The number of nitrogens with zero attached hydrogens (tertiary/aromatic N) is 1. The summed E-state index contributed by atoms with van der Waals surface area (Å²) in [6.07, 6.45) is 0.874. The van der Waals surface area contributed by atoms with Crippen molar-refractivity contribution >= 4 is 22.5 Å². The summed E-state index contributed by atoms with van der Waals surface area (Å²) in [5.41, 5.74) is 3.19. The topological polar surface area (TPSA) is 44.4 Å². The van der Waals surface area contributed by atoms with Gasteiger partial charge in [-0.25, -0.2) is 4.79 Å². The maximum atomic E-state index is 12.3. The molecule has 0 saturated heterocycles. The number of carbonyl (C=O) groups is 1. The third kappa shape index (κ3) is 4.86. The van der Waals surface area contributed by atoms with E-state index in [-0.39, 0.29) is 12.1 Å². The summed E-state index contributed by atoms with van der Waals surface area (Å²) in [5, 5.41) is 8.47. The minimum atomic E-state index is -0.172. The van der Waals surface area contributed by atoms with Crippen molar-refractivity contribution < 1.29 is 4.79 Å². The quantitative estimate of drug-likeness (QED) is 0.682. The Hall–Kier alpha value is -2.85. The highest BCUT2D eigenvalue weighted by Crippen LogP contribution is 2.20. The third-order valence-electron chi connectivity index (χ3n) is 4.96. The van der Waals surface area contributed by atoms with Gasteiger partial charge >= 0.3 is 6.03 Å². The van der Waals surface area contributed by atoms with Crippen molar-refractivity contribution in [3.8, 4) is 0 Å². The van der Waals surface area contributed by atoms with E-state index in [0.717, 1.165) is 17.7 Å². The van der Waals surface area contributed by atoms with Crippen LogP contribution in [0.5, 0.6) is 0 Å². The zero-order chi connectivity index (χ0) is 19.2. The number of likely N-dealkylation sites (N-methyl/N-ethyl adjacent to an activating group) is 1. The first kappa shape index (κ1) is 18.9. The van der Waals surface area contributed by atoms with E-state index in [4.69, 9.17) is 0 Å². The lowest BCUT2D eigenvalue weighted by Gasteiger charge is -2.25. The molecule has 0 aliphatic heterocycles. The number of anilines is 1. The fraction of sp³-hybridized carbons (Fsp3) is 0.261. The number of benzene rings is 3. The summed E-state index contributed by atoms with van der Waals surface area (Å²) in [5.74, 6) is 0. The minimum absolute atomic E-state index is 0.172. The summed E-state index contributed by atoms with van der Waals surface area (Å²) in [6.45, 7) is 2.56. The number of para-hydroxylation sites is 1. The van der Waals surface area contributed by atoms with Gasteiger partial charge in [0.1, 0.15) is 0 Å². The van der Waals surface area contributed by atoms with Gasteiger partial charge in [-0.2, -0.15) is 0 Å². The van der Waals surface area contributed by atoms with Crippen molar-refractivity contribution in [1.29, 1.82) is 0 Å². The monoisotopic (exact) mass is 361 g/mol. The molecule has 0 radical (unpaired) electrons. The van der Waals surface area contributed by atoms with Crippen LogP contribution in [-0.4, -0.2) is 37.6 Å². The van der Waals surface area contributed by atoms with Gasteiger partial charge < -0.3 is 15.5 Å². The number of aryl methyl sites for hydroxylation is 1. The molecule has 0 saturated carbocycles. The molecule has 2 amide bonds. The van der Waals surface area contributed by atoms with Gasteiger partial charge in [0.25, 0.3) is 0 Å². The second-order valence-electron chi connectivity index (χ2n) is 7.11. The Balaban J connectivity index is 1.66.